The van der Waals surface area contributed by atoms with Crippen LogP contribution in [0, 0.1) is 34.3 Å². The fraction of sp³-hybridized carbons (Fsp3) is 0.913. The molecule has 3 fully saturated rings. The standard InChI is InChI=1S/C15H27N2O2.C8H17N4/c1-11(13-6-4-12(10-16)5-7-13)9-15(18)14-3-2-8-17(14)19;1-6(9)7-2-4-12(5-3-7)8(10)11/h11-14H,2-10,16H2,1H3;6-7,9H,2-5H2,1H3,(H3,10,11)/q2*-1/t11?,12?,13?,14-;/m0./s1. The summed E-state index contributed by atoms with van der Waals surface area (Å²) in [6.07, 6.45) is 9.03. The van der Waals surface area contributed by atoms with Gasteiger partial charge in [-0.2, -0.15) is 0 Å². The van der Waals surface area contributed by atoms with Gasteiger partial charge in [-0.25, -0.2) is 0 Å². The monoisotopic (exact) mass is 436 g/mol. The number of nitrogens with zero attached hydrogens (tertiary/aromatic N) is 2. The maximum absolute atomic E-state index is 12.2. The molecule has 3 aliphatic rings. The van der Waals surface area contributed by atoms with Gasteiger partial charge in [0, 0.05) is 19.5 Å². The van der Waals surface area contributed by atoms with Gasteiger partial charge in [0.05, 0.1) is 6.04 Å². The molecule has 6 N–H and O–H groups in total. The molecule has 180 valence electrons. The Bertz CT molecular complexity index is 556. The molecule has 3 atom stereocenters. The van der Waals surface area contributed by atoms with Crippen molar-refractivity contribution >= 4 is 11.7 Å². The highest BCUT2D eigenvalue weighted by Crippen LogP contribution is 2.35. The zero-order valence-electron chi connectivity index (χ0n) is 19.5. The van der Waals surface area contributed by atoms with Crippen LogP contribution in [0.5, 0.6) is 0 Å². The Morgan fingerprint density at radius 2 is 1.68 bits per heavy atom. The molecule has 2 saturated heterocycles. The Hall–Kier alpha value is -1.22. The van der Waals surface area contributed by atoms with Gasteiger partial charge < -0.3 is 32.4 Å². The minimum Gasteiger partial charge on any atom is -0.785 e. The Balaban J connectivity index is 0.000000245. The minimum atomic E-state index is -0.345. The van der Waals surface area contributed by atoms with Crippen LogP contribution in [0.4, 0.5) is 0 Å². The molecule has 0 radical (unpaired) electrons. The molecule has 8 nitrogen and oxygen atoms in total. The number of likely N-dealkylation sites (tertiary alicyclic amines) is 1. The second-order valence-electron chi connectivity index (χ2n) is 9.96. The van der Waals surface area contributed by atoms with Crippen molar-refractivity contribution in [3.8, 4) is 0 Å². The lowest BCUT2D eigenvalue weighted by atomic mass is 9.74. The molecule has 2 aliphatic heterocycles. The predicted molar refractivity (Wildman–Crippen MR) is 126 cm³/mol. The number of hydrogen-bond donors (Lipinski definition) is 3. The lowest BCUT2D eigenvalue weighted by Crippen LogP contribution is -2.43. The molecule has 0 aromatic carbocycles. The number of ketones is 1. The van der Waals surface area contributed by atoms with Crippen LogP contribution in [-0.4, -0.2) is 60.0 Å². The number of piperidine rings is 1. The number of hydrogen-bond acceptors (Lipinski definition) is 5. The smallest absolute Gasteiger partial charge is 0.188 e. The molecule has 0 amide bonds. The molecule has 31 heavy (non-hydrogen) atoms. The number of carbonyl (C=O) groups excluding carboxylic acids is 1. The van der Waals surface area contributed by atoms with E-state index in [1.165, 1.54) is 25.7 Å². The molecular weight excluding hydrogens is 392 g/mol. The van der Waals surface area contributed by atoms with Crippen molar-refractivity contribution < 1.29 is 4.79 Å². The summed E-state index contributed by atoms with van der Waals surface area (Å²) < 4.78 is 0. The van der Waals surface area contributed by atoms with Crippen LogP contribution in [0.1, 0.15) is 71.6 Å². The Kier molecular flexibility index (Phi) is 10.7. The van der Waals surface area contributed by atoms with Crippen LogP contribution in [0.15, 0.2) is 0 Å². The van der Waals surface area contributed by atoms with Gasteiger partial charge in [0.2, 0.25) is 0 Å². The van der Waals surface area contributed by atoms with Crippen LogP contribution in [-0.2, 0) is 4.79 Å². The quantitative estimate of drug-likeness (QED) is 0.430. The van der Waals surface area contributed by atoms with Crippen molar-refractivity contribution in [2.75, 3.05) is 26.2 Å². The third-order valence-electron chi connectivity index (χ3n) is 7.72. The molecular formula is C23H44N6O2-2. The first kappa shape index (κ1) is 26.0. The summed E-state index contributed by atoms with van der Waals surface area (Å²) in [6, 6.07) is -0.318. The van der Waals surface area contributed by atoms with Crippen molar-refractivity contribution in [3.63, 3.8) is 0 Å². The fourth-order valence-corrected chi connectivity index (χ4v) is 5.32. The Morgan fingerprint density at radius 1 is 1.06 bits per heavy atom. The van der Waals surface area contributed by atoms with E-state index < -0.39 is 0 Å². The molecule has 0 spiro atoms. The molecule has 0 aromatic heterocycles. The summed E-state index contributed by atoms with van der Waals surface area (Å²) >= 11 is 0. The topological polar surface area (TPSA) is 146 Å². The van der Waals surface area contributed by atoms with Crippen molar-refractivity contribution in [1.82, 2.24) is 9.96 Å². The molecule has 8 heteroatoms. The summed E-state index contributed by atoms with van der Waals surface area (Å²) in [6.45, 7) is 7.15. The third kappa shape index (κ3) is 8.00. The summed E-state index contributed by atoms with van der Waals surface area (Å²) in [5.41, 5.74) is 18.6. The van der Waals surface area contributed by atoms with Gasteiger partial charge >= 0.3 is 0 Å². The van der Waals surface area contributed by atoms with E-state index in [2.05, 4.69) is 6.92 Å². The van der Waals surface area contributed by atoms with E-state index >= 15 is 0 Å². The van der Waals surface area contributed by atoms with E-state index in [0.717, 1.165) is 50.4 Å². The zero-order chi connectivity index (χ0) is 23.0. The van der Waals surface area contributed by atoms with Crippen molar-refractivity contribution in [2.24, 2.45) is 35.1 Å². The lowest BCUT2D eigenvalue weighted by molar-refractivity contribution is -0.123. The van der Waals surface area contributed by atoms with Gasteiger partial charge in [-0.1, -0.05) is 19.8 Å². The van der Waals surface area contributed by atoms with Gasteiger partial charge in [-0.15, -0.1) is 6.04 Å². The van der Waals surface area contributed by atoms with Crippen LogP contribution >= 0.6 is 0 Å². The van der Waals surface area contributed by atoms with E-state index in [1.807, 2.05) is 11.8 Å². The number of carbonyl (C=O) groups is 1. The van der Waals surface area contributed by atoms with Gasteiger partial charge in [0.15, 0.2) is 5.96 Å². The molecule has 3 rings (SSSR count). The second kappa shape index (κ2) is 12.7. The zero-order valence-corrected chi connectivity index (χ0v) is 19.5. The fourth-order valence-electron chi connectivity index (χ4n) is 5.32. The Morgan fingerprint density at radius 3 is 2.13 bits per heavy atom. The second-order valence-corrected chi connectivity index (χ2v) is 9.96. The Labute approximate surface area is 188 Å². The average molecular weight is 437 g/mol. The first-order valence-electron chi connectivity index (χ1n) is 12.2. The van der Waals surface area contributed by atoms with Crippen molar-refractivity contribution in [3.05, 3.63) is 10.9 Å². The highest BCUT2D eigenvalue weighted by atomic mass is 16.5. The summed E-state index contributed by atoms with van der Waals surface area (Å²) in [7, 11) is 0. The summed E-state index contributed by atoms with van der Waals surface area (Å²) in [5, 5.41) is 19.7. The van der Waals surface area contributed by atoms with E-state index in [-0.39, 0.29) is 23.8 Å². The predicted octanol–water partition coefficient (Wildman–Crippen LogP) is 3.34. The van der Waals surface area contributed by atoms with Gasteiger partial charge in [0.25, 0.3) is 0 Å². The molecule has 1 saturated carbocycles. The third-order valence-corrected chi connectivity index (χ3v) is 7.72. The molecule has 2 unspecified atom stereocenters. The number of nitrogens with one attached hydrogen (secondary N) is 2. The molecule has 0 bridgehead atoms. The van der Waals surface area contributed by atoms with E-state index in [4.69, 9.17) is 22.6 Å². The summed E-state index contributed by atoms with van der Waals surface area (Å²) in [5.74, 6) is 2.59. The SMILES string of the molecule is CC(CC(=O)[C@@H]1CCCN1[O-])C1CCC(CN)CC1.CC([NH-])C1CCN(C(=N)N)CC1. The van der Waals surface area contributed by atoms with E-state index in [9.17, 15) is 10.0 Å². The number of rotatable bonds is 6. The minimum absolute atomic E-state index is 0.0270. The molecule has 1 aliphatic carbocycles. The molecule has 2 heterocycles. The first-order valence-corrected chi connectivity index (χ1v) is 12.2. The number of hydroxylamine groups is 2. The van der Waals surface area contributed by atoms with E-state index in [0.29, 0.717) is 36.6 Å². The highest BCUT2D eigenvalue weighted by molar-refractivity contribution is 5.84. The van der Waals surface area contributed by atoms with E-state index in [1.54, 1.807) is 0 Å². The number of nitrogens with two attached hydrogens (primary N) is 2. The van der Waals surface area contributed by atoms with Crippen LogP contribution in [0.2, 0.25) is 0 Å². The van der Waals surface area contributed by atoms with Crippen LogP contribution < -0.4 is 11.5 Å². The maximum atomic E-state index is 12.2. The largest absolute Gasteiger partial charge is 0.785 e. The van der Waals surface area contributed by atoms with Crippen LogP contribution in [0.25, 0.3) is 5.73 Å². The van der Waals surface area contributed by atoms with Crippen molar-refractivity contribution in [1.29, 1.82) is 5.41 Å². The highest BCUT2D eigenvalue weighted by Gasteiger charge is 2.30. The van der Waals surface area contributed by atoms with Gasteiger partial charge in [0.1, 0.15) is 5.78 Å². The van der Waals surface area contributed by atoms with Crippen molar-refractivity contribution in [2.45, 2.75) is 83.7 Å². The maximum Gasteiger partial charge on any atom is 0.188 e. The van der Waals surface area contributed by atoms with Gasteiger partial charge in [-0.3, -0.25) is 10.2 Å². The van der Waals surface area contributed by atoms with Gasteiger partial charge in [-0.05, 0) is 82.2 Å². The van der Waals surface area contributed by atoms with Crippen LogP contribution in [0.3, 0.4) is 0 Å². The molecule has 0 aromatic rings. The summed E-state index contributed by atoms with van der Waals surface area (Å²) in [4.78, 5) is 14.0. The number of Topliss-reactive ketones (excluding diaryl/α,β-unsaturated/α-hetero) is 1. The first-order chi connectivity index (χ1) is 14.7. The normalized spacial score (nSPS) is 29.7. The lowest BCUT2D eigenvalue weighted by Gasteiger charge is -2.36. The average Bonchev–Trinajstić information content (AvgIpc) is 3.20. The number of guanidine groups is 1.